The molecule has 0 radical (unpaired) electrons. The molecule has 0 heterocycles. The van der Waals surface area contributed by atoms with Crippen LogP contribution in [0.25, 0.3) is 0 Å². The van der Waals surface area contributed by atoms with Gasteiger partial charge >= 0.3 is 17.7 Å². The number of carbonyl (C=O) groups excluding carboxylic acids is 2. The Morgan fingerprint density at radius 1 is 0.806 bits per heavy atom. The van der Waals surface area contributed by atoms with Gasteiger partial charge in [-0.2, -0.15) is 0 Å². The van der Waals surface area contributed by atoms with Crippen molar-refractivity contribution < 1.29 is 33.6 Å². The summed E-state index contributed by atoms with van der Waals surface area (Å²) < 4.78 is 21.0. The van der Waals surface area contributed by atoms with Crippen LogP contribution in [0.1, 0.15) is 74.3 Å². The first-order chi connectivity index (χ1) is 17.5. The average Bonchev–Trinajstić information content (AvgIpc) is 2.91. The van der Waals surface area contributed by atoms with Gasteiger partial charge in [0.05, 0.1) is 0 Å². The number of hydrogen-bond donors (Lipinski definition) is 1. The molecule has 0 aliphatic carbocycles. The number of benzene rings is 2. The summed E-state index contributed by atoms with van der Waals surface area (Å²) in [6.45, 7) is 5.37. The van der Waals surface area contributed by atoms with E-state index >= 15 is 0 Å². The molecule has 1 unspecified atom stereocenters. The lowest BCUT2D eigenvalue weighted by molar-refractivity contribution is -0.263. The van der Waals surface area contributed by atoms with Crippen molar-refractivity contribution in [3.8, 4) is 0 Å². The second-order valence-corrected chi connectivity index (χ2v) is 8.59. The zero-order valence-electron chi connectivity index (χ0n) is 22.0. The Morgan fingerprint density at radius 3 is 2.06 bits per heavy atom. The minimum atomic E-state index is -2.53. The van der Waals surface area contributed by atoms with E-state index in [1.807, 2.05) is 12.1 Å². The third-order valence-corrected chi connectivity index (χ3v) is 6.30. The third kappa shape index (κ3) is 7.63. The van der Waals surface area contributed by atoms with Crippen LogP contribution in [0.5, 0.6) is 0 Å². The average molecular weight is 501 g/mol. The van der Waals surface area contributed by atoms with Crippen LogP contribution >= 0.6 is 0 Å². The van der Waals surface area contributed by atoms with E-state index in [4.69, 9.17) is 18.9 Å². The number of unbranched alkanes of at least 4 members (excludes halogenated alkanes) is 3. The molecule has 2 aromatic rings. The number of aryl methyl sites for hydroxylation is 1. The van der Waals surface area contributed by atoms with Crippen molar-refractivity contribution in [2.24, 2.45) is 0 Å². The van der Waals surface area contributed by atoms with Crippen molar-refractivity contribution in [2.45, 2.75) is 84.7 Å². The van der Waals surface area contributed by atoms with Crippen molar-refractivity contribution in [1.82, 2.24) is 0 Å². The summed E-state index contributed by atoms with van der Waals surface area (Å²) in [5, 5.41) is 9.39. The first-order valence-electron chi connectivity index (χ1n) is 12.8. The number of esters is 2. The number of carbonyl (C=O) groups is 2. The highest BCUT2D eigenvalue weighted by molar-refractivity contribution is 6.01. The summed E-state index contributed by atoms with van der Waals surface area (Å²) >= 11 is 0. The minimum absolute atomic E-state index is 0.0508. The van der Waals surface area contributed by atoms with Gasteiger partial charge in [-0.05, 0) is 53.5 Å². The van der Waals surface area contributed by atoms with Gasteiger partial charge in [0, 0.05) is 7.11 Å². The number of ether oxygens (including phenoxy) is 4. The van der Waals surface area contributed by atoms with Gasteiger partial charge in [0.25, 0.3) is 0 Å². The van der Waals surface area contributed by atoms with E-state index in [0.29, 0.717) is 0 Å². The van der Waals surface area contributed by atoms with E-state index in [1.165, 1.54) is 23.1 Å². The van der Waals surface area contributed by atoms with Crippen molar-refractivity contribution in [3.63, 3.8) is 0 Å². The molecule has 0 saturated carbocycles. The largest absolute Gasteiger partial charge is 0.456 e. The van der Waals surface area contributed by atoms with Crippen molar-refractivity contribution in [3.05, 3.63) is 70.3 Å². The summed E-state index contributed by atoms with van der Waals surface area (Å²) in [7, 11) is 1.13. The fourth-order valence-electron chi connectivity index (χ4n) is 4.31. The zero-order valence-corrected chi connectivity index (χ0v) is 22.0. The normalized spacial score (nSPS) is 12.7. The molecule has 198 valence electrons. The molecule has 0 spiro atoms. The number of methoxy groups -OCH3 is 1. The zero-order chi connectivity index (χ0) is 26.4. The van der Waals surface area contributed by atoms with Crippen molar-refractivity contribution >= 4 is 11.9 Å². The Kier molecular flexibility index (Phi) is 12.6. The number of hydrogen-bond acceptors (Lipinski definition) is 7. The number of aliphatic hydroxyl groups excluding tert-OH is 1. The second kappa shape index (κ2) is 15.4. The van der Waals surface area contributed by atoms with Crippen LogP contribution in [0.3, 0.4) is 0 Å². The highest BCUT2D eigenvalue weighted by Crippen LogP contribution is 2.26. The Morgan fingerprint density at radius 2 is 1.47 bits per heavy atom. The molecule has 36 heavy (non-hydrogen) atoms. The molecule has 1 N–H and O–H groups in total. The Hall–Kier alpha value is -2.74. The van der Waals surface area contributed by atoms with E-state index < -0.39 is 24.5 Å². The third-order valence-electron chi connectivity index (χ3n) is 6.30. The summed E-state index contributed by atoms with van der Waals surface area (Å²) in [4.78, 5) is 26.0. The molecule has 0 fully saturated rings. The molecular weight excluding hydrogens is 460 g/mol. The topological polar surface area (TPSA) is 91.3 Å². The SMILES string of the molecule is CCCCCCc1c(COC(=O)C(OC)(OCO)C(=O)OCc2ccccc2)ccc(CC)c1CC. The quantitative estimate of drug-likeness (QED) is 0.150. The van der Waals surface area contributed by atoms with Gasteiger partial charge in [-0.15, -0.1) is 0 Å². The predicted octanol–water partition coefficient (Wildman–Crippen LogP) is 5.03. The summed E-state index contributed by atoms with van der Waals surface area (Å²) in [6, 6.07) is 13.1. The van der Waals surface area contributed by atoms with E-state index in [2.05, 4.69) is 26.8 Å². The number of rotatable bonds is 16. The minimum Gasteiger partial charge on any atom is -0.456 e. The molecule has 0 amide bonds. The Labute approximate surface area is 214 Å². The van der Waals surface area contributed by atoms with Crippen LogP contribution < -0.4 is 0 Å². The molecule has 2 aromatic carbocycles. The molecule has 0 saturated heterocycles. The highest BCUT2D eigenvalue weighted by atomic mass is 16.8. The van der Waals surface area contributed by atoms with Gasteiger partial charge in [-0.1, -0.05) is 82.5 Å². The molecule has 2 rings (SSSR count). The predicted molar refractivity (Wildman–Crippen MR) is 137 cm³/mol. The molecule has 0 aromatic heterocycles. The maximum atomic E-state index is 13.1. The first-order valence-corrected chi connectivity index (χ1v) is 12.8. The lowest BCUT2D eigenvalue weighted by atomic mass is 9.90. The van der Waals surface area contributed by atoms with Crippen molar-refractivity contribution in [1.29, 1.82) is 0 Å². The van der Waals surface area contributed by atoms with Crippen LogP contribution in [0.4, 0.5) is 0 Å². The molecule has 7 nitrogen and oxygen atoms in total. The van der Waals surface area contributed by atoms with E-state index in [0.717, 1.165) is 56.8 Å². The lowest BCUT2D eigenvalue weighted by Gasteiger charge is -2.27. The van der Waals surface area contributed by atoms with Crippen LogP contribution in [0.2, 0.25) is 0 Å². The van der Waals surface area contributed by atoms with Crippen LogP contribution in [0.15, 0.2) is 42.5 Å². The van der Waals surface area contributed by atoms with E-state index in [9.17, 15) is 14.7 Å². The standard InChI is InChI=1S/C29H40O7/c1-5-8-9-13-16-26-24(18-17-23(6-2)25(26)7-3)20-35-28(32)29(33-4,36-21-30)27(31)34-19-22-14-11-10-12-15-22/h10-12,14-15,17-18,30H,5-9,13,16,19-21H2,1-4H3. The van der Waals surface area contributed by atoms with Gasteiger partial charge in [0.15, 0.2) is 0 Å². The molecular formula is C29H40O7. The molecule has 7 heteroatoms. The van der Waals surface area contributed by atoms with Crippen LogP contribution in [-0.4, -0.2) is 36.7 Å². The summed E-state index contributed by atoms with van der Waals surface area (Å²) in [5.41, 5.74) is 5.38. The van der Waals surface area contributed by atoms with E-state index in [1.54, 1.807) is 24.3 Å². The monoisotopic (exact) mass is 500 g/mol. The van der Waals surface area contributed by atoms with Gasteiger partial charge in [-0.25, -0.2) is 9.59 Å². The Balaban J connectivity index is 2.22. The second-order valence-electron chi connectivity index (χ2n) is 8.59. The highest BCUT2D eigenvalue weighted by Gasteiger charge is 2.52. The maximum Gasteiger partial charge on any atom is 0.379 e. The smallest absolute Gasteiger partial charge is 0.379 e. The lowest BCUT2D eigenvalue weighted by Crippen LogP contribution is -2.53. The molecule has 0 aliphatic heterocycles. The summed E-state index contributed by atoms with van der Waals surface area (Å²) in [5.74, 6) is -4.70. The Bertz CT molecular complexity index is 958. The fraction of sp³-hybridized carbons (Fsp3) is 0.517. The maximum absolute atomic E-state index is 13.1. The molecule has 0 bridgehead atoms. The molecule has 0 aliphatic rings. The van der Waals surface area contributed by atoms with Crippen molar-refractivity contribution in [2.75, 3.05) is 13.9 Å². The van der Waals surface area contributed by atoms with Gasteiger partial charge in [0.2, 0.25) is 0 Å². The van der Waals surface area contributed by atoms with Crippen LogP contribution in [-0.2, 0) is 61.0 Å². The first kappa shape index (κ1) is 29.5. The van der Waals surface area contributed by atoms with Gasteiger partial charge < -0.3 is 24.1 Å². The summed E-state index contributed by atoms with van der Waals surface area (Å²) in [6.07, 6.45) is 7.23. The number of aliphatic hydroxyl groups is 1. The molecule has 1 atom stereocenters. The van der Waals surface area contributed by atoms with E-state index in [-0.39, 0.29) is 13.2 Å². The van der Waals surface area contributed by atoms with Gasteiger partial charge in [-0.3, -0.25) is 0 Å². The van der Waals surface area contributed by atoms with Gasteiger partial charge in [0.1, 0.15) is 20.0 Å². The fourth-order valence-corrected chi connectivity index (χ4v) is 4.31. The van der Waals surface area contributed by atoms with Crippen LogP contribution in [0, 0.1) is 0 Å².